The molecule has 0 radical (unpaired) electrons. The Morgan fingerprint density at radius 1 is 1.14 bits per heavy atom. The number of anilines is 1. The van der Waals surface area contributed by atoms with Crippen LogP contribution in [0.2, 0.25) is 0 Å². The second kappa shape index (κ2) is 5.90. The van der Waals surface area contributed by atoms with Gasteiger partial charge in [0.15, 0.2) is 0 Å². The van der Waals surface area contributed by atoms with Crippen LogP contribution in [0.3, 0.4) is 0 Å². The summed E-state index contributed by atoms with van der Waals surface area (Å²) in [6.45, 7) is 6.76. The van der Waals surface area contributed by atoms with E-state index in [4.69, 9.17) is 0 Å². The van der Waals surface area contributed by atoms with E-state index in [1.54, 1.807) is 6.20 Å². The third-order valence-corrected chi connectivity index (χ3v) is 3.04. The summed E-state index contributed by atoms with van der Waals surface area (Å²) in [5, 5.41) is 10.2. The van der Waals surface area contributed by atoms with E-state index in [1.165, 1.54) is 24.3 Å². The van der Waals surface area contributed by atoms with Crippen molar-refractivity contribution in [3.63, 3.8) is 0 Å². The summed E-state index contributed by atoms with van der Waals surface area (Å²) in [6.07, 6.45) is -2.93. The second-order valence-corrected chi connectivity index (χ2v) is 5.95. The van der Waals surface area contributed by atoms with Gasteiger partial charge in [-0.15, -0.1) is 13.2 Å². The highest BCUT2D eigenvalue weighted by atomic mass is 19.4. The summed E-state index contributed by atoms with van der Waals surface area (Å²) in [5.74, 6) is -0.239. The van der Waals surface area contributed by atoms with Crippen molar-refractivity contribution in [2.75, 3.05) is 5.32 Å². The maximum absolute atomic E-state index is 12.1. The minimum absolute atomic E-state index is 0.0576. The zero-order valence-electron chi connectivity index (χ0n) is 12.6. The quantitative estimate of drug-likeness (QED) is 0.888. The molecule has 1 aromatic carbocycles. The molecule has 4 nitrogen and oxygen atoms in total. The lowest BCUT2D eigenvalue weighted by molar-refractivity contribution is -0.274. The molecule has 0 atom stereocenters. The molecule has 2 aromatic rings. The first kappa shape index (κ1) is 16.2. The molecule has 0 saturated carbocycles. The van der Waals surface area contributed by atoms with Crippen molar-refractivity contribution >= 4 is 5.69 Å². The summed E-state index contributed by atoms with van der Waals surface area (Å²) < 4.78 is 40.1. The number of H-pyrrole nitrogens is 1. The third kappa shape index (κ3) is 4.41. The summed E-state index contributed by atoms with van der Waals surface area (Å²) in [7, 11) is 0. The SMILES string of the molecule is CC(C)(C)c1[nH]ncc1CNc1ccc(OC(F)(F)F)cc1. The highest BCUT2D eigenvalue weighted by molar-refractivity contribution is 5.47. The first-order valence-electron chi connectivity index (χ1n) is 6.77. The second-order valence-electron chi connectivity index (χ2n) is 5.95. The molecule has 1 aromatic heterocycles. The molecule has 2 N–H and O–H groups in total. The average Bonchev–Trinajstić information content (AvgIpc) is 2.84. The van der Waals surface area contributed by atoms with Crippen LogP contribution in [0.5, 0.6) is 5.75 Å². The number of hydrogen-bond acceptors (Lipinski definition) is 3. The lowest BCUT2D eigenvalue weighted by atomic mass is 9.89. The summed E-state index contributed by atoms with van der Waals surface area (Å²) in [6, 6.07) is 5.63. The van der Waals surface area contributed by atoms with Gasteiger partial charge in [0.1, 0.15) is 5.75 Å². The number of benzene rings is 1. The molecule has 120 valence electrons. The Balaban J connectivity index is 2.00. The number of nitrogens with zero attached hydrogens (tertiary/aromatic N) is 1. The number of nitrogens with one attached hydrogen (secondary N) is 2. The van der Waals surface area contributed by atoms with Crippen LogP contribution in [-0.4, -0.2) is 16.6 Å². The summed E-state index contributed by atoms with van der Waals surface area (Å²) in [5.41, 5.74) is 2.69. The molecule has 0 bridgehead atoms. The number of rotatable bonds is 4. The van der Waals surface area contributed by atoms with Crippen molar-refractivity contribution in [1.29, 1.82) is 0 Å². The predicted molar refractivity (Wildman–Crippen MR) is 77.7 cm³/mol. The minimum Gasteiger partial charge on any atom is -0.406 e. The molecule has 0 unspecified atom stereocenters. The fourth-order valence-corrected chi connectivity index (χ4v) is 2.07. The fourth-order valence-electron chi connectivity index (χ4n) is 2.07. The van der Waals surface area contributed by atoms with E-state index in [0.717, 1.165) is 11.3 Å². The van der Waals surface area contributed by atoms with Crippen LogP contribution in [0.25, 0.3) is 0 Å². The van der Waals surface area contributed by atoms with Gasteiger partial charge in [-0.1, -0.05) is 20.8 Å². The fraction of sp³-hybridized carbons (Fsp3) is 0.400. The highest BCUT2D eigenvalue weighted by Gasteiger charge is 2.30. The lowest BCUT2D eigenvalue weighted by Gasteiger charge is -2.18. The van der Waals surface area contributed by atoms with Crippen molar-refractivity contribution in [2.45, 2.75) is 39.1 Å². The summed E-state index contributed by atoms with van der Waals surface area (Å²) in [4.78, 5) is 0. The van der Waals surface area contributed by atoms with Crippen LogP contribution in [0, 0.1) is 0 Å². The van der Waals surface area contributed by atoms with E-state index in [9.17, 15) is 13.2 Å². The zero-order valence-corrected chi connectivity index (χ0v) is 12.6. The maximum Gasteiger partial charge on any atom is 0.573 e. The van der Waals surface area contributed by atoms with E-state index in [1.807, 2.05) is 0 Å². The summed E-state index contributed by atoms with van der Waals surface area (Å²) >= 11 is 0. The van der Waals surface area contributed by atoms with Gasteiger partial charge >= 0.3 is 6.36 Å². The number of alkyl halides is 3. The van der Waals surface area contributed by atoms with Crippen molar-refractivity contribution < 1.29 is 17.9 Å². The van der Waals surface area contributed by atoms with E-state index in [0.29, 0.717) is 12.2 Å². The van der Waals surface area contributed by atoms with Gasteiger partial charge in [-0.05, 0) is 24.3 Å². The molecule has 7 heteroatoms. The van der Waals surface area contributed by atoms with E-state index >= 15 is 0 Å². The van der Waals surface area contributed by atoms with Crippen LogP contribution >= 0.6 is 0 Å². The number of hydrogen-bond donors (Lipinski definition) is 2. The van der Waals surface area contributed by atoms with Gasteiger partial charge < -0.3 is 10.1 Å². The van der Waals surface area contributed by atoms with Gasteiger partial charge in [-0.2, -0.15) is 5.10 Å². The Bertz CT molecular complexity index is 612. The zero-order chi connectivity index (χ0) is 16.4. The monoisotopic (exact) mass is 313 g/mol. The molecule has 0 aliphatic rings. The Morgan fingerprint density at radius 2 is 1.77 bits per heavy atom. The standard InChI is InChI=1S/C15H18F3N3O/c1-14(2,3)13-10(9-20-21-13)8-19-11-4-6-12(7-5-11)22-15(16,17)18/h4-7,9,19H,8H2,1-3H3,(H,20,21). The van der Waals surface area contributed by atoms with E-state index in [-0.39, 0.29) is 11.2 Å². The Morgan fingerprint density at radius 3 is 2.32 bits per heavy atom. The van der Waals surface area contributed by atoms with Gasteiger partial charge in [0, 0.05) is 28.9 Å². The topological polar surface area (TPSA) is 49.9 Å². The van der Waals surface area contributed by atoms with Gasteiger partial charge in [-0.3, -0.25) is 5.10 Å². The van der Waals surface area contributed by atoms with Gasteiger partial charge in [0.25, 0.3) is 0 Å². The molecule has 0 aliphatic carbocycles. The molecule has 0 spiro atoms. The maximum atomic E-state index is 12.1. The third-order valence-electron chi connectivity index (χ3n) is 3.04. The molecule has 0 fully saturated rings. The molecule has 0 aliphatic heterocycles. The first-order chi connectivity index (χ1) is 10.1. The number of aromatic nitrogens is 2. The average molecular weight is 313 g/mol. The van der Waals surface area contributed by atoms with Crippen LogP contribution in [0.4, 0.5) is 18.9 Å². The Kier molecular flexibility index (Phi) is 4.35. The van der Waals surface area contributed by atoms with Gasteiger partial charge in [0.05, 0.1) is 6.20 Å². The predicted octanol–water partition coefficient (Wildman–Crippen LogP) is 4.22. The molecule has 1 heterocycles. The number of halogens is 3. The Labute approximate surface area is 126 Å². The largest absolute Gasteiger partial charge is 0.573 e. The molecule has 0 amide bonds. The lowest BCUT2D eigenvalue weighted by Crippen LogP contribution is -2.17. The molecule has 2 rings (SSSR count). The van der Waals surface area contributed by atoms with Crippen molar-refractivity contribution in [2.24, 2.45) is 0 Å². The van der Waals surface area contributed by atoms with E-state index in [2.05, 4.69) is 41.0 Å². The normalized spacial score (nSPS) is 12.3. The number of ether oxygens (including phenoxy) is 1. The molecular weight excluding hydrogens is 295 g/mol. The highest BCUT2D eigenvalue weighted by Crippen LogP contribution is 2.26. The minimum atomic E-state index is -4.67. The number of aromatic amines is 1. The molecular formula is C15H18F3N3O. The Hall–Kier alpha value is -2.18. The molecule has 22 heavy (non-hydrogen) atoms. The van der Waals surface area contributed by atoms with Crippen molar-refractivity contribution in [3.8, 4) is 5.75 Å². The van der Waals surface area contributed by atoms with Crippen LogP contribution in [0.15, 0.2) is 30.5 Å². The van der Waals surface area contributed by atoms with Gasteiger partial charge in [-0.25, -0.2) is 0 Å². The smallest absolute Gasteiger partial charge is 0.406 e. The molecule has 0 saturated heterocycles. The van der Waals surface area contributed by atoms with Crippen molar-refractivity contribution in [3.05, 3.63) is 41.7 Å². The van der Waals surface area contributed by atoms with Crippen LogP contribution in [0.1, 0.15) is 32.0 Å². The first-order valence-corrected chi connectivity index (χ1v) is 6.77. The van der Waals surface area contributed by atoms with Crippen LogP contribution < -0.4 is 10.1 Å². The van der Waals surface area contributed by atoms with Gasteiger partial charge in [0.2, 0.25) is 0 Å². The van der Waals surface area contributed by atoms with Crippen molar-refractivity contribution in [1.82, 2.24) is 10.2 Å². The van der Waals surface area contributed by atoms with E-state index < -0.39 is 6.36 Å². The van der Waals surface area contributed by atoms with Crippen LogP contribution in [-0.2, 0) is 12.0 Å².